The third-order valence-corrected chi connectivity index (χ3v) is 2.98. The number of halogens is 2. The molecule has 0 radical (unpaired) electrons. The lowest BCUT2D eigenvalue weighted by Gasteiger charge is -2.16. The summed E-state index contributed by atoms with van der Waals surface area (Å²) in [5.41, 5.74) is 1.13. The molecule has 88 valence electrons. The molecule has 0 bridgehead atoms. The number of rotatable bonds is 5. The van der Waals surface area contributed by atoms with Gasteiger partial charge >= 0.3 is 0 Å². The van der Waals surface area contributed by atoms with Crippen LogP contribution in [0.15, 0.2) is 33.7 Å². The van der Waals surface area contributed by atoms with Crippen LogP contribution in [0.5, 0.6) is 5.75 Å². The van der Waals surface area contributed by atoms with Gasteiger partial charge in [-0.15, -0.1) is 0 Å². The number of benzene rings is 1. The van der Waals surface area contributed by atoms with Crippen molar-refractivity contribution in [1.29, 1.82) is 0 Å². The van der Waals surface area contributed by atoms with E-state index in [2.05, 4.69) is 56.7 Å². The van der Waals surface area contributed by atoms with E-state index in [0.29, 0.717) is 6.61 Å². The van der Waals surface area contributed by atoms with E-state index in [0.717, 1.165) is 20.3 Å². The molecule has 0 heterocycles. The largest absolute Gasteiger partial charge is 0.488 e. The number of hydrogen-bond donors (Lipinski definition) is 1. The highest BCUT2D eigenvalue weighted by molar-refractivity contribution is 9.11. The van der Waals surface area contributed by atoms with Crippen LogP contribution in [-0.4, -0.2) is 13.7 Å². The maximum Gasteiger partial charge on any atom is 0.124 e. The summed E-state index contributed by atoms with van der Waals surface area (Å²) in [6, 6.07) is 6.24. The second-order valence-corrected chi connectivity index (χ2v) is 5.54. The fraction of sp³-hybridized carbons (Fsp3) is 0.333. The predicted molar refractivity (Wildman–Crippen MR) is 75.2 cm³/mol. The van der Waals surface area contributed by atoms with Gasteiger partial charge in [0.1, 0.15) is 12.4 Å². The van der Waals surface area contributed by atoms with Gasteiger partial charge in [-0.05, 0) is 32.2 Å². The van der Waals surface area contributed by atoms with Gasteiger partial charge in [0.05, 0.1) is 0 Å². The Balaban J connectivity index is 2.93. The highest BCUT2D eigenvalue weighted by Crippen LogP contribution is 2.28. The first-order valence-corrected chi connectivity index (χ1v) is 6.56. The Bertz CT molecular complexity index is 379. The second kappa shape index (κ2) is 6.42. The molecule has 0 saturated heterocycles. The van der Waals surface area contributed by atoms with E-state index in [4.69, 9.17) is 4.74 Å². The van der Waals surface area contributed by atoms with E-state index in [-0.39, 0.29) is 6.04 Å². The molecule has 0 aliphatic rings. The van der Waals surface area contributed by atoms with Gasteiger partial charge in [-0.3, -0.25) is 0 Å². The smallest absolute Gasteiger partial charge is 0.124 e. The van der Waals surface area contributed by atoms with Crippen LogP contribution in [0.25, 0.3) is 0 Å². The van der Waals surface area contributed by atoms with Gasteiger partial charge in [0.2, 0.25) is 0 Å². The van der Waals surface area contributed by atoms with Gasteiger partial charge in [-0.25, -0.2) is 0 Å². The van der Waals surface area contributed by atoms with Crippen molar-refractivity contribution in [3.05, 3.63) is 39.3 Å². The van der Waals surface area contributed by atoms with Gasteiger partial charge in [-0.2, -0.15) is 0 Å². The molecule has 2 nitrogen and oxygen atoms in total. The van der Waals surface area contributed by atoms with Crippen LogP contribution in [-0.2, 0) is 0 Å². The van der Waals surface area contributed by atoms with Crippen LogP contribution >= 0.6 is 31.9 Å². The summed E-state index contributed by atoms with van der Waals surface area (Å²) in [5, 5.41) is 3.20. The minimum Gasteiger partial charge on any atom is -0.488 e. The van der Waals surface area contributed by atoms with Crippen LogP contribution in [0.3, 0.4) is 0 Å². The quantitative estimate of drug-likeness (QED) is 0.867. The second-order valence-electron chi connectivity index (χ2n) is 3.50. The summed E-state index contributed by atoms with van der Waals surface area (Å²) in [7, 11) is 1.93. The molecular weight excluding hydrogens is 334 g/mol. The molecule has 0 aromatic heterocycles. The van der Waals surface area contributed by atoms with Crippen LogP contribution in [0.4, 0.5) is 0 Å². The Morgan fingerprint density at radius 2 is 2.25 bits per heavy atom. The molecule has 0 spiro atoms. The van der Waals surface area contributed by atoms with Crippen molar-refractivity contribution >= 4 is 31.9 Å². The number of hydrogen-bond acceptors (Lipinski definition) is 2. The number of ether oxygens (including phenoxy) is 1. The zero-order valence-corrected chi connectivity index (χ0v) is 12.6. The third-order valence-electron chi connectivity index (χ3n) is 2.26. The summed E-state index contributed by atoms with van der Waals surface area (Å²) < 4.78 is 7.55. The van der Waals surface area contributed by atoms with E-state index in [1.807, 2.05) is 19.2 Å². The molecule has 1 N–H and O–H groups in total. The Kier molecular flexibility index (Phi) is 5.52. The molecule has 1 aromatic carbocycles. The maximum atomic E-state index is 5.67. The molecule has 1 aromatic rings. The lowest BCUT2D eigenvalue weighted by atomic mass is 10.1. The predicted octanol–water partition coefficient (Wildman–Crippen LogP) is 4.02. The van der Waals surface area contributed by atoms with Gasteiger partial charge in [-0.1, -0.05) is 38.4 Å². The monoisotopic (exact) mass is 347 g/mol. The summed E-state index contributed by atoms with van der Waals surface area (Å²) >= 11 is 6.74. The average Bonchev–Trinajstić information content (AvgIpc) is 2.26. The van der Waals surface area contributed by atoms with Crippen molar-refractivity contribution < 1.29 is 4.74 Å². The summed E-state index contributed by atoms with van der Waals surface area (Å²) in [5.74, 6) is 0.880. The molecule has 1 unspecified atom stereocenters. The normalized spacial score (nSPS) is 12.2. The Hall–Kier alpha value is -0.320. The van der Waals surface area contributed by atoms with Gasteiger partial charge in [0.25, 0.3) is 0 Å². The van der Waals surface area contributed by atoms with E-state index >= 15 is 0 Å². The SMILES string of the molecule is C=C(Br)COc1ccc(Br)cc1C(C)NC. The molecule has 16 heavy (non-hydrogen) atoms. The van der Waals surface area contributed by atoms with E-state index in [1.165, 1.54) is 0 Å². The van der Waals surface area contributed by atoms with Gasteiger partial charge in [0.15, 0.2) is 0 Å². The van der Waals surface area contributed by atoms with Crippen molar-refractivity contribution in [2.75, 3.05) is 13.7 Å². The highest BCUT2D eigenvalue weighted by Gasteiger charge is 2.10. The zero-order chi connectivity index (χ0) is 12.1. The molecule has 4 heteroatoms. The lowest BCUT2D eigenvalue weighted by molar-refractivity contribution is 0.353. The van der Waals surface area contributed by atoms with Crippen LogP contribution in [0.1, 0.15) is 18.5 Å². The average molecular weight is 349 g/mol. The Morgan fingerprint density at radius 3 is 2.81 bits per heavy atom. The molecule has 0 saturated carbocycles. The van der Waals surface area contributed by atoms with E-state index in [9.17, 15) is 0 Å². The fourth-order valence-electron chi connectivity index (χ4n) is 1.30. The van der Waals surface area contributed by atoms with Crippen LogP contribution in [0.2, 0.25) is 0 Å². The van der Waals surface area contributed by atoms with Crippen molar-refractivity contribution in [1.82, 2.24) is 5.32 Å². The summed E-state index contributed by atoms with van der Waals surface area (Å²) in [6.07, 6.45) is 0. The van der Waals surface area contributed by atoms with Crippen LogP contribution in [0, 0.1) is 0 Å². The zero-order valence-electron chi connectivity index (χ0n) is 9.39. The summed E-state index contributed by atoms with van der Waals surface area (Å²) in [4.78, 5) is 0. The molecule has 1 atom stereocenters. The van der Waals surface area contributed by atoms with Crippen molar-refractivity contribution in [2.24, 2.45) is 0 Å². The molecule has 1 rings (SSSR count). The van der Waals surface area contributed by atoms with Gasteiger partial charge < -0.3 is 10.1 Å². The standard InChI is InChI=1S/C12H15Br2NO/c1-8(13)7-16-12-5-4-10(14)6-11(12)9(2)15-3/h4-6,9,15H,1,7H2,2-3H3. The molecular formula is C12H15Br2NO. The first-order chi connectivity index (χ1) is 7.54. The van der Waals surface area contributed by atoms with Gasteiger partial charge in [0, 0.05) is 20.6 Å². The molecule has 0 aliphatic heterocycles. The van der Waals surface area contributed by atoms with Crippen molar-refractivity contribution in [3.8, 4) is 5.75 Å². The molecule has 0 amide bonds. The molecule has 0 aliphatic carbocycles. The number of nitrogens with one attached hydrogen (secondary N) is 1. The highest BCUT2D eigenvalue weighted by atomic mass is 79.9. The topological polar surface area (TPSA) is 21.3 Å². The minimum atomic E-state index is 0.246. The third kappa shape index (κ3) is 3.92. The Labute approximate surface area is 113 Å². The maximum absolute atomic E-state index is 5.67. The van der Waals surface area contributed by atoms with Crippen molar-refractivity contribution in [3.63, 3.8) is 0 Å². The van der Waals surface area contributed by atoms with E-state index < -0.39 is 0 Å². The summed E-state index contributed by atoms with van der Waals surface area (Å²) in [6.45, 7) is 6.32. The Morgan fingerprint density at radius 1 is 1.56 bits per heavy atom. The lowest BCUT2D eigenvalue weighted by Crippen LogP contribution is -2.14. The first-order valence-electron chi connectivity index (χ1n) is 4.97. The minimum absolute atomic E-state index is 0.246. The van der Waals surface area contributed by atoms with Crippen molar-refractivity contribution in [2.45, 2.75) is 13.0 Å². The van der Waals surface area contributed by atoms with E-state index in [1.54, 1.807) is 0 Å². The van der Waals surface area contributed by atoms with Crippen LogP contribution < -0.4 is 10.1 Å². The first kappa shape index (κ1) is 13.7. The fourth-order valence-corrected chi connectivity index (χ4v) is 1.79. The molecule has 0 fully saturated rings.